The van der Waals surface area contributed by atoms with Crippen LogP contribution in [0, 0.1) is 46.3 Å². The van der Waals surface area contributed by atoms with Crippen LogP contribution >= 0.6 is 0 Å². The van der Waals surface area contributed by atoms with E-state index in [-0.39, 0.29) is 35.0 Å². The molecule has 0 heterocycles. The van der Waals surface area contributed by atoms with Gasteiger partial charge >= 0.3 is 11.9 Å². The summed E-state index contributed by atoms with van der Waals surface area (Å²) in [5.74, 6) is 3.59. The van der Waals surface area contributed by atoms with Crippen LogP contribution in [0.1, 0.15) is 78.1 Å². The van der Waals surface area contributed by atoms with Crippen LogP contribution in [0.25, 0.3) is 0 Å². The van der Waals surface area contributed by atoms with Gasteiger partial charge in [-0.3, -0.25) is 0 Å². The summed E-state index contributed by atoms with van der Waals surface area (Å²) < 4.78 is 11.9. The number of ether oxygens (including phenoxy) is 2. The quantitative estimate of drug-likeness (QED) is 0.478. The lowest BCUT2D eigenvalue weighted by atomic mass is 9.49. The average Bonchev–Trinajstić information content (AvgIpc) is 2.64. The van der Waals surface area contributed by atoms with Gasteiger partial charge in [0.05, 0.1) is 0 Å². The van der Waals surface area contributed by atoms with Gasteiger partial charge in [0, 0.05) is 23.0 Å². The molecule has 4 nitrogen and oxygen atoms in total. The monoisotopic (exact) mass is 412 g/mol. The Hall–Kier alpha value is -1.32. The second kappa shape index (κ2) is 6.59. The summed E-state index contributed by atoms with van der Waals surface area (Å²) in [7, 11) is 0. The number of carbonyl (C=O) groups excluding carboxylic acids is 2. The van der Waals surface area contributed by atoms with Crippen LogP contribution in [0.3, 0.4) is 0 Å². The van der Waals surface area contributed by atoms with E-state index in [0.29, 0.717) is 11.8 Å². The normalized spacial score (nSPS) is 52.7. The SMILES string of the molecule is CC12CC3CC(CC(C3)C1OC(=O)/C=C/C(=O)OC1C3CC4CC(C3)CC1(C)C4)C2. The third kappa shape index (κ3) is 3.07. The molecule has 8 bridgehead atoms. The molecule has 0 N–H and O–H groups in total. The van der Waals surface area contributed by atoms with E-state index in [9.17, 15) is 9.59 Å². The Balaban J connectivity index is 1.07. The van der Waals surface area contributed by atoms with Gasteiger partial charge in [-0.2, -0.15) is 0 Å². The molecule has 0 radical (unpaired) electrons. The van der Waals surface area contributed by atoms with Crippen molar-refractivity contribution in [3.8, 4) is 0 Å². The maximum Gasteiger partial charge on any atom is 0.331 e. The highest BCUT2D eigenvalue weighted by Crippen LogP contribution is 2.61. The molecule has 4 heteroatoms. The van der Waals surface area contributed by atoms with Gasteiger partial charge in [-0.25, -0.2) is 9.59 Å². The fourth-order valence-electron chi connectivity index (χ4n) is 9.74. The summed E-state index contributed by atoms with van der Waals surface area (Å²) in [5.41, 5.74) is 0.265. The molecule has 8 rings (SSSR count). The molecule has 6 atom stereocenters. The predicted octanol–water partition coefficient (Wildman–Crippen LogP) is 5.06. The second-order valence-corrected chi connectivity index (χ2v) is 12.6. The molecule has 0 aromatic carbocycles. The molecule has 164 valence electrons. The molecule has 0 aromatic heterocycles. The van der Waals surface area contributed by atoms with Crippen molar-refractivity contribution in [2.45, 2.75) is 90.3 Å². The maximum atomic E-state index is 12.6. The predicted molar refractivity (Wildman–Crippen MR) is 112 cm³/mol. The van der Waals surface area contributed by atoms with E-state index in [1.807, 2.05) is 0 Å². The van der Waals surface area contributed by atoms with Crippen LogP contribution in [0.5, 0.6) is 0 Å². The highest BCUT2D eigenvalue weighted by atomic mass is 16.6. The van der Waals surface area contributed by atoms with Crippen molar-refractivity contribution >= 4 is 11.9 Å². The smallest absolute Gasteiger partial charge is 0.331 e. The van der Waals surface area contributed by atoms with Crippen molar-refractivity contribution in [1.29, 1.82) is 0 Å². The zero-order valence-corrected chi connectivity index (χ0v) is 18.5. The van der Waals surface area contributed by atoms with E-state index < -0.39 is 0 Å². The summed E-state index contributed by atoms with van der Waals surface area (Å²) in [4.78, 5) is 25.1. The van der Waals surface area contributed by atoms with Gasteiger partial charge in [0.2, 0.25) is 0 Å². The van der Waals surface area contributed by atoms with Gasteiger partial charge in [0.15, 0.2) is 0 Å². The van der Waals surface area contributed by atoms with Crippen LogP contribution in [0.2, 0.25) is 0 Å². The molecule has 30 heavy (non-hydrogen) atoms. The summed E-state index contributed by atoms with van der Waals surface area (Å²) >= 11 is 0. The van der Waals surface area contributed by atoms with Gasteiger partial charge in [0.1, 0.15) is 12.2 Å². The first-order chi connectivity index (χ1) is 14.3. The molecule has 8 aliphatic rings. The minimum Gasteiger partial charge on any atom is -0.458 e. The molecule has 0 spiro atoms. The minimum atomic E-state index is -0.373. The van der Waals surface area contributed by atoms with Gasteiger partial charge in [0.25, 0.3) is 0 Å². The third-order valence-electron chi connectivity index (χ3n) is 9.97. The lowest BCUT2D eigenvalue weighted by Gasteiger charge is -2.59. The van der Waals surface area contributed by atoms with Gasteiger partial charge in [-0.15, -0.1) is 0 Å². The van der Waals surface area contributed by atoms with E-state index in [4.69, 9.17) is 9.47 Å². The van der Waals surface area contributed by atoms with Crippen LogP contribution in [0.15, 0.2) is 12.2 Å². The van der Waals surface area contributed by atoms with Crippen molar-refractivity contribution in [3.63, 3.8) is 0 Å². The number of rotatable bonds is 4. The lowest BCUT2D eigenvalue weighted by molar-refractivity contribution is -0.187. The Morgan fingerprint density at radius 3 is 1.27 bits per heavy atom. The number of hydrogen-bond acceptors (Lipinski definition) is 4. The van der Waals surface area contributed by atoms with Crippen LogP contribution < -0.4 is 0 Å². The summed E-state index contributed by atoms with van der Waals surface area (Å²) in [6, 6.07) is 0. The Bertz CT molecular complexity index is 692. The van der Waals surface area contributed by atoms with Crippen molar-refractivity contribution in [2.75, 3.05) is 0 Å². The Morgan fingerprint density at radius 1 is 0.633 bits per heavy atom. The van der Waals surface area contributed by atoms with Gasteiger partial charge in [-0.05, 0) is 99.7 Å². The van der Waals surface area contributed by atoms with E-state index in [0.717, 1.165) is 23.7 Å². The first-order valence-corrected chi connectivity index (χ1v) is 12.4. The molecular formula is C26H36O4. The van der Waals surface area contributed by atoms with E-state index in [1.54, 1.807) is 0 Å². The van der Waals surface area contributed by atoms with Crippen LogP contribution in [-0.2, 0) is 19.1 Å². The highest BCUT2D eigenvalue weighted by Gasteiger charge is 2.57. The van der Waals surface area contributed by atoms with Crippen molar-refractivity contribution < 1.29 is 19.1 Å². The van der Waals surface area contributed by atoms with Gasteiger partial charge < -0.3 is 9.47 Å². The number of carbonyl (C=O) groups is 2. The van der Waals surface area contributed by atoms with E-state index in [1.165, 1.54) is 76.4 Å². The minimum absolute atomic E-state index is 0.0156. The zero-order chi connectivity index (χ0) is 20.7. The molecule has 0 aliphatic heterocycles. The summed E-state index contributed by atoms with van der Waals surface area (Å²) in [6.07, 6.45) is 15.0. The van der Waals surface area contributed by atoms with Crippen molar-refractivity contribution in [1.82, 2.24) is 0 Å². The molecule has 8 fully saturated rings. The largest absolute Gasteiger partial charge is 0.458 e. The Kier molecular flexibility index (Phi) is 4.26. The fraction of sp³-hybridized carbons (Fsp3) is 0.846. The highest BCUT2D eigenvalue weighted by molar-refractivity contribution is 5.91. The van der Waals surface area contributed by atoms with Crippen molar-refractivity contribution in [3.05, 3.63) is 12.2 Å². The molecule has 0 amide bonds. The molecule has 6 unspecified atom stereocenters. The van der Waals surface area contributed by atoms with E-state index >= 15 is 0 Å². The zero-order valence-electron chi connectivity index (χ0n) is 18.5. The summed E-state index contributed by atoms with van der Waals surface area (Å²) in [5, 5.41) is 0. The first kappa shape index (κ1) is 19.4. The number of esters is 2. The fourth-order valence-corrected chi connectivity index (χ4v) is 9.74. The Morgan fingerprint density at radius 2 is 0.967 bits per heavy atom. The summed E-state index contributed by atoms with van der Waals surface area (Å²) in [6.45, 7) is 4.61. The topological polar surface area (TPSA) is 52.6 Å². The van der Waals surface area contributed by atoms with Crippen LogP contribution in [-0.4, -0.2) is 24.1 Å². The molecule has 8 aliphatic carbocycles. The molecule has 8 saturated carbocycles. The average molecular weight is 413 g/mol. The Labute approximate surface area is 180 Å². The maximum absolute atomic E-state index is 12.6. The van der Waals surface area contributed by atoms with Crippen LogP contribution in [0.4, 0.5) is 0 Å². The van der Waals surface area contributed by atoms with E-state index in [2.05, 4.69) is 13.8 Å². The first-order valence-electron chi connectivity index (χ1n) is 12.4. The molecule has 0 aromatic rings. The standard InChI is InChI=1S/C26H36O4/c1-25-11-15-5-16(12-25)8-19(7-15)23(25)29-21(27)3-4-22(28)30-24-20-9-17-6-18(10-20)14-26(24,2)13-17/h3-4,15-20,23-24H,5-14H2,1-2H3/b4-3+. The van der Waals surface area contributed by atoms with Gasteiger partial charge in [-0.1, -0.05) is 13.8 Å². The molecular weight excluding hydrogens is 376 g/mol. The molecule has 0 saturated heterocycles. The second-order valence-electron chi connectivity index (χ2n) is 12.6. The third-order valence-corrected chi connectivity index (χ3v) is 9.97. The number of hydrogen-bond donors (Lipinski definition) is 0. The lowest BCUT2D eigenvalue weighted by Crippen LogP contribution is -2.56. The van der Waals surface area contributed by atoms with Crippen molar-refractivity contribution in [2.24, 2.45) is 46.3 Å².